The standard InChI is InChI=1S/C21H25ClN4O3S/c1-29-18-10-14(30(2,27)28)8-9-16(18)25-19-11-17(24-13-6-4-3-5-7-13)20-15(22)12-23-21(20)26-19/h8-13H,3-7H2,1-2H3,(H3,23,24,25,26). The molecule has 0 unspecified atom stereocenters. The van der Waals surface area contributed by atoms with Crippen LogP contribution in [0, 0.1) is 0 Å². The van der Waals surface area contributed by atoms with Crippen LogP contribution in [-0.2, 0) is 9.84 Å². The van der Waals surface area contributed by atoms with Crippen LogP contribution in [0.4, 0.5) is 17.2 Å². The molecule has 0 atom stereocenters. The van der Waals surface area contributed by atoms with Crippen LogP contribution in [-0.4, -0.2) is 37.8 Å². The minimum Gasteiger partial charge on any atom is -0.495 e. The predicted molar refractivity (Wildman–Crippen MR) is 121 cm³/mol. The molecule has 1 aromatic carbocycles. The smallest absolute Gasteiger partial charge is 0.175 e. The maximum atomic E-state index is 11.8. The highest BCUT2D eigenvalue weighted by Crippen LogP contribution is 2.36. The Morgan fingerprint density at radius 1 is 1.17 bits per heavy atom. The molecule has 1 aliphatic rings. The molecule has 3 N–H and O–H groups in total. The first-order valence-corrected chi connectivity index (χ1v) is 12.2. The van der Waals surface area contributed by atoms with E-state index in [-0.39, 0.29) is 4.90 Å². The van der Waals surface area contributed by atoms with E-state index in [2.05, 4.69) is 20.6 Å². The average Bonchev–Trinajstić information content (AvgIpc) is 3.09. The third-order valence-electron chi connectivity index (χ3n) is 5.42. The molecule has 0 radical (unpaired) electrons. The first kappa shape index (κ1) is 20.8. The van der Waals surface area contributed by atoms with E-state index in [0.29, 0.717) is 34.0 Å². The van der Waals surface area contributed by atoms with Crippen molar-refractivity contribution < 1.29 is 13.2 Å². The molecule has 3 aromatic rings. The van der Waals surface area contributed by atoms with Crippen molar-refractivity contribution in [3.63, 3.8) is 0 Å². The summed E-state index contributed by atoms with van der Waals surface area (Å²) in [5, 5.41) is 8.38. The molecule has 9 heteroatoms. The lowest BCUT2D eigenvalue weighted by atomic mass is 9.95. The van der Waals surface area contributed by atoms with E-state index < -0.39 is 9.84 Å². The lowest BCUT2D eigenvalue weighted by Gasteiger charge is -2.24. The van der Waals surface area contributed by atoms with Crippen LogP contribution in [0.15, 0.2) is 35.4 Å². The number of ether oxygens (including phenoxy) is 1. The van der Waals surface area contributed by atoms with Gasteiger partial charge in [-0.2, -0.15) is 0 Å². The summed E-state index contributed by atoms with van der Waals surface area (Å²) < 4.78 is 29.1. The SMILES string of the molecule is COc1cc(S(C)(=O)=O)ccc1Nc1cc(NC2CCCCC2)c2c(Cl)c[nH]c2n1. The summed E-state index contributed by atoms with van der Waals surface area (Å²) >= 11 is 6.41. The molecule has 7 nitrogen and oxygen atoms in total. The van der Waals surface area contributed by atoms with E-state index in [1.165, 1.54) is 38.7 Å². The fraction of sp³-hybridized carbons (Fsp3) is 0.381. The summed E-state index contributed by atoms with van der Waals surface area (Å²) in [6.45, 7) is 0. The number of aromatic amines is 1. The fourth-order valence-corrected chi connectivity index (χ4v) is 4.77. The van der Waals surface area contributed by atoms with Crippen LogP contribution in [0.25, 0.3) is 11.0 Å². The molecule has 2 heterocycles. The van der Waals surface area contributed by atoms with Crippen molar-refractivity contribution in [1.29, 1.82) is 0 Å². The minimum absolute atomic E-state index is 0.198. The minimum atomic E-state index is -3.33. The number of anilines is 3. The fourth-order valence-electron chi connectivity index (χ4n) is 3.88. The van der Waals surface area contributed by atoms with Crippen molar-refractivity contribution in [2.75, 3.05) is 24.0 Å². The van der Waals surface area contributed by atoms with Gasteiger partial charge in [0, 0.05) is 30.6 Å². The zero-order chi connectivity index (χ0) is 21.3. The third kappa shape index (κ3) is 4.34. The van der Waals surface area contributed by atoms with E-state index in [9.17, 15) is 8.42 Å². The van der Waals surface area contributed by atoms with Crippen molar-refractivity contribution in [2.45, 2.75) is 43.0 Å². The van der Waals surface area contributed by atoms with Crippen LogP contribution in [0.3, 0.4) is 0 Å². The Labute approximate surface area is 181 Å². The van der Waals surface area contributed by atoms with Gasteiger partial charge < -0.3 is 20.4 Å². The molecular formula is C21H25ClN4O3S. The summed E-state index contributed by atoms with van der Waals surface area (Å²) in [6, 6.07) is 7.07. The molecule has 30 heavy (non-hydrogen) atoms. The number of methoxy groups -OCH3 is 1. The lowest BCUT2D eigenvalue weighted by Crippen LogP contribution is -2.22. The summed E-state index contributed by atoms with van der Waals surface area (Å²) in [5.74, 6) is 1.02. The Morgan fingerprint density at radius 3 is 2.63 bits per heavy atom. The lowest BCUT2D eigenvalue weighted by molar-refractivity contribution is 0.415. The highest BCUT2D eigenvalue weighted by Gasteiger charge is 2.18. The van der Waals surface area contributed by atoms with Gasteiger partial charge in [0.1, 0.15) is 17.2 Å². The van der Waals surface area contributed by atoms with Gasteiger partial charge in [0.15, 0.2) is 9.84 Å². The van der Waals surface area contributed by atoms with E-state index in [1.54, 1.807) is 18.3 Å². The Hall–Kier alpha value is -2.45. The van der Waals surface area contributed by atoms with Gasteiger partial charge in [-0.25, -0.2) is 13.4 Å². The maximum Gasteiger partial charge on any atom is 0.175 e. The third-order valence-corrected chi connectivity index (χ3v) is 6.83. The summed E-state index contributed by atoms with van der Waals surface area (Å²) in [4.78, 5) is 7.94. The zero-order valence-electron chi connectivity index (χ0n) is 17.0. The Kier molecular flexibility index (Phi) is 5.79. The average molecular weight is 449 g/mol. The van der Waals surface area contributed by atoms with E-state index in [1.807, 2.05) is 6.07 Å². The van der Waals surface area contributed by atoms with Crippen LogP contribution in [0.5, 0.6) is 5.75 Å². The van der Waals surface area contributed by atoms with Gasteiger partial charge >= 0.3 is 0 Å². The van der Waals surface area contributed by atoms with Gasteiger partial charge in [-0.05, 0) is 25.0 Å². The van der Waals surface area contributed by atoms with Gasteiger partial charge in [0.2, 0.25) is 0 Å². The molecule has 4 rings (SSSR count). The second-order valence-corrected chi connectivity index (χ2v) is 10.1. The van der Waals surface area contributed by atoms with E-state index >= 15 is 0 Å². The predicted octanol–water partition coefficient (Wildman–Crippen LogP) is 5.12. The Morgan fingerprint density at radius 2 is 1.93 bits per heavy atom. The first-order valence-electron chi connectivity index (χ1n) is 9.94. The number of pyridine rings is 1. The van der Waals surface area contributed by atoms with Crippen molar-refractivity contribution in [1.82, 2.24) is 9.97 Å². The molecule has 1 aliphatic carbocycles. The molecule has 0 aliphatic heterocycles. The molecule has 1 fully saturated rings. The van der Waals surface area contributed by atoms with Gasteiger partial charge in [-0.1, -0.05) is 30.9 Å². The molecule has 1 saturated carbocycles. The number of rotatable bonds is 6. The molecule has 0 saturated heterocycles. The monoisotopic (exact) mass is 448 g/mol. The largest absolute Gasteiger partial charge is 0.495 e. The Balaban J connectivity index is 1.69. The van der Waals surface area contributed by atoms with Gasteiger partial charge in [-0.3, -0.25) is 0 Å². The number of fused-ring (bicyclic) bond motifs is 1. The molecule has 0 spiro atoms. The number of benzene rings is 1. The quantitative estimate of drug-likeness (QED) is 0.484. The van der Waals surface area contributed by atoms with Crippen LogP contribution in [0.2, 0.25) is 5.02 Å². The number of H-pyrrole nitrogens is 1. The topological polar surface area (TPSA) is 96.1 Å². The second kappa shape index (κ2) is 8.35. The zero-order valence-corrected chi connectivity index (χ0v) is 18.5. The summed E-state index contributed by atoms with van der Waals surface area (Å²) in [7, 11) is -1.82. The summed E-state index contributed by atoms with van der Waals surface area (Å²) in [5.41, 5.74) is 2.22. The highest BCUT2D eigenvalue weighted by molar-refractivity contribution is 7.90. The molecular weight excluding hydrogens is 424 g/mol. The van der Waals surface area contributed by atoms with Crippen molar-refractivity contribution in [2.24, 2.45) is 0 Å². The number of nitrogens with zero attached hydrogens (tertiary/aromatic N) is 1. The normalized spacial score (nSPS) is 15.3. The maximum absolute atomic E-state index is 11.8. The van der Waals surface area contributed by atoms with E-state index in [0.717, 1.165) is 23.9 Å². The Bertz CT molecular complexity index is 1170. The first-order chi connectivity index (χ1) is 14.3. The highest BCUT2D eigenvalue weighted by atomic mass is 35.5. The van der Waals surface area contributed by atoms with Crippen molar-refractivity contribution >= 4 is 49.7 Å². The van der Waals surface area contributed by atoms with E-state index in [4.69, 9.17) is 16.3 Å². The number of hydrogen-bond acceptors (Lipinski definition) is 6. The molecule has 0 bridgehead atoms. The van der Waals surface area contributed by atoms with Crippen molar-refractivity contribution in [3.8, 4) is 5.75 Å². The number of hydrogen-bond donors (Lipinski definition) is 3. The van der Waals surface area contributed by atoms with Crippen LogP contribution >= 0.6 is 11.6 Å². The number of sulfone groups is 1. The second-order valence-electron chi connectivity index (χ2n) is 7.65. The molecule has 160 valence electrons. The van der Waals surface area contributed by atoms with Gasteiger partial charge in [0.05, 0.1) is 33.8 Å². The van der Waals surface area contributed by atoms with Crippen LogP contribution in [0.1, 0.15) is 32.1 Å². The van der Waals surface area contributed by atoms with Crippen LogP contribution < -0.4 is 15.4 Å². The summed E-state index contributed by atoms with van der Waals surface area (Å²) in [6.07, 6.45) is 8.90. The van der Waals surface area contributed by atoms with Crippen molar-refractivity contribution in [3.05, 3.63) is 35.5 Å². The number of nitrogens with one attached hydrogen (secondary N) is 3. The number of aromatic nitrogens is 2. The molecule has 2 aromatic heterocycles. The molecule has 0 amide bonds. The number of halogens is 1. The van der Waals surface area contributed by atoms with Gasteiger partial charge in [0.25, 0.3) is 0 Å². The van der Waals surface area contributed by atoms with Gasteiger partial charge in [-0.15, -0.1) is 0 Å².